The number of H-pyrrole nitrogens is 1. The van der Waals surface area contributed by atoms with E-state index < -0.39 is 6.10 Å². The first-order valence-corrected chi connectivity index (χ1v) is 8.86. The van der Waals surface area contributed by atoms with Crippen molar-refractivity contribution in [2.75, 3.05) is 26.3 Å². The molecule has 1 saturated heterocycles. The molecule has 0 amide bonds. The average Bonchev–Trinajstić information content (AvgIpc) is 3.22. The lowest BCUT2D eigenvalue weighted by Crippen LogP contribution is -2.35. The fourth-order valence-corrected chi connectivity index (χ4v) is 3.34. The van der Waals surface area contributed by atoms with E-state index >= 15 is 0 Å². The van der Waals surface area contributed by atoms with E-state index in [2.05, 4.69) is 14.9 Å². The lowest BCUT2D eigenvalue weighted by molar-refractivity contribution is 0.0181. The van der Waals surface area contributed by atoms with Crippen molar-refractivity contribution >= 4 is 11.6 Å². The molecule has 2 atom stereocenters. The number of likely N-dealkylation sites (tertiary alicyclic amines) is 1. The van der Waals surface area contributed by atoms with Gasteiger partial charge in [0.15, 0.2) is 0 Å². The number of aromatic amines is 1. The molecular formula is C18H24ClN3O2. The van der Waals surface area contributed by atoms with Crippen molar-refractivity contribution in [3.8, 4) is 11.3 Å². The molecule has 0 aliphatic carbocycles. The number of nitrogens with zero attached hydrogens (tertiary/aromatic N) is 2. The lowest BCUT2D eigenvalue weighted by atomic mass is 10.2. The number of aromatic nitrogens is 2. The van der Waals surface area contributed by atoms with E-state index in [1.54, 1.807) is 0 Å². The van der Waals surface area contributed by atoms with Gasteiger partial charge in [-0.2, -0.15) is 0 Å². The van der Waals surface area contributed by atoms with Gasteiger partial charge in [-0.25, -0.2) is 4.98 Å². The van der Waals surface area contributed by atoms with Crippen LogP contribution >= 0.6 is 11.6 Å². The topological polar surface area (TPSA) is 61.4 Å². The summed E-state index contributed by atoms with van der Waals surface area (Å²) >= 11 is 5.95. The summed E-state index contributed by atoms with van der Waals surface area (Å²) in [7, 11) is 0. The van der Waals surface area contributed by atoms with Crippen molar-refractivity contribution in [3.05, 3.63) is 41.3 Å². The Morgan fingerprint density at radius 3 is 2.96 bits per heavy atom. The highest BCUT2D eigenvalue weighted by atomic mass is 35.5. The zero-order valence-corrected chi connectivity index (χ0v) is 14.7. The van der Waals surface area contributed by atoms with Crippen molar-refractivity contribution in [1.29, 1.82) is 0 Å². The largest absolute Gasteiger partial charge is 0.389 e. The second kappa shape index (κ2) is 8.12. The first-order chi connectivity index (χ1) is 11.7. The van der Waals surface area contributed by atoms with Crippen LogP contribution in [0.3, 0.4) is 0 Å². The summed E-state index contributed by atoms with van der Waals surface area (Å²) in [5.74, 6) is 0.959. The second-order valence-corrected chi connectivity index (χ2v) is 6.59. The molecule has 130 valence electrons. The fourth-order valence-electron chi connectivity index (χ4n) is 3.21. The zero-order valence-electron chi connectivity index (χ0n) is 13.9. The number of aliphatic hydroxyl groups is 1. The Bertz CT molecular complexity index is 644. The van der Waals surface area contributed by atoms with Gasteiger partial charge in [0, 0.05) is 18.2 Å². The number of β-amino-alcohol motifs (C(OH)–C–C–N with tert-alkyl or cyclic N) is 1. The first kappa shape index (κ1) is 17.4. The Morgan fingerprint density at radius 2 is 2.21 bits per heavy atom. The minimum Gasteiger partial charge on any atom is -0.389 e. The summed E-state index contributed by atoms with van der Waals surface area (Å²) in [5.41, 5.74) is 2.06. The molecule has 2 aromatic rings. The van der Waals surface area contributed by atoms with Crippen LogP contribution in [-0.2, 0) is 4.74 Å². The number of aliphatic hydroxyl groups excluding tert-OH is 1. The van der Waals surface area contributed by atoms with Gasteiger partial charge < -0.3 is 14.8 Å². The molecule has 24 heavy (non-hydrogen) atoms. The first-order valence-electron chi connectivity index (χ1n) is 8.48. The maximum Gasteiger partial charge on any atom is 0.123 e. The quantitative estimate of drug-likeness (QED) is 0.805. The Morgan fingerprint density at radius 1 is 1.42 bits per heavy atom. The lowest BCUT2D eigenvalue weighted by Gasteiger charge is -2.25. The van der Waals surface area contributed by atoms with Crippen LogP contribution in [0.15, 0.2) is 30.5 Å². The van der Waals surface area contributed by atoms with Crippen LogP contribution < -0.4 is 0 Å². The molecule has 0 radical (unpaired) electrons. The predicted octanol–water partition coefficient (Wildman–Crippen LogP) is 3.26. The summed E-state index contributed by atoms with van der Waals surface area (Å²) in [4.78, 5) is 10.3. The minimum absolute atomic E-state index is 0.224. The number of hydrogen-bond acceptors (Lipinski definition) is 4. The molecule has 2 heterocycles. The van der Waals surface area contributed by atoms with Crippen molar-refractivity contribution in [1.82, 2.24) is 14.9 Å². The number of nitrogens with one attached hydrogen (secondary N) is 1. The number of halogens is 1. The number of imidazole rings is 1. The molecular weight excluding hydrogens is 326 g/mol. The predicted molar refractivity (Wildman–Crippen MR) is 95.1 cm³/mol. The third-order valence-corrected chi connectivity index (χ3v) is 4.64. The Balaban J connectivity index is 1.68. The fraction of sp³-hybridized carbons (Fsp3) is 0.500. The van der Waals surface area contributed by atoms with E-state index in [9.17, 15) is 5.11 Å². The van der Waals surface area contributed by atoms with Crippen molar-refractivity contribution in [2.24, 2.45) is 0 Å². The van der Waals surface area contributed by atoms with E-state index in [1.807, 2.05) is 37.4 Å². The molecule has 1 aromatic carbocycles. The van der Waals surface area contributed by atoms with Gasteiger partial charge >= 0.3 is 0 Å². The molecule has 1 aromatic heterocycles. The molecule has 6 heteroatoms. The van der Waals surface area contributed by atoms with Crippen molar-refractivity contribution in [2.45, 2.75) is 31.9 Å². The molecule has 0 unspecified atom stereocenters. The Labute approximate surface area is 147 Å². The van der Waals surface area contributed by atoms with Crippen molar-refractivity contribution in [3.63, 3.8) is 0 Å². The average molecular weight is 350 g/mol. The highest BCUT2D eigenvalue weighted by Gasteiger charge is 2.29. The molecule has 5 nitrogen and oxygen atoms in total. The summed E-state index contributed by atoms with van der Waals surface area (Å²) in [6.07, 6.45) is 3.57. The van der Waals surface area contributed by atoms with Crippen LogP contribution in [0.1, 0.15) is 31.6 Å². The molecule has 1 fully saturated rings. The molecule has 1 aliphatic rings. The maximum atomic E-state index is 10.1. The Hall–Kier alpha value is -1.40. The van der Waals surface area contributed by atoms with Crippen molar-refractivity contribution < 1.29 is 9.84 Å². The van der Waals surface area contributed by atoms with E-state index in [0.717, 1.165) is 41.5 Å². The van der Waals surface area contributed by atoms with Crippen LogP contribution in [0, 0.1) is 0 Å². The van der Waals surface area contributed by atoms with Gasteiger partial charge in [-0.15, -0.1) is 0 Å². The van der Waals surface area contributed by atoms with Gasteiger partial charge in [-0.05, 0) is 44.0 Å². The number of rotatable bonds is 7. The van der Waals surface area contributed by atoms with E-state index in [4.69, 9.17) is 16.3 Å². The van der Waals surface area contributed by atoms with Gasteiger partial charge in [0.25, 0.3) is 0 Å². The summed E-state index contributed by atoms with van der Waals surface area (Å²) < 4.78 is 5.31. The molecule has 0 bridgehead atoms. The zero-order chi connectivity index (χ0) is 16.9. The normalized spacial score (nSPS) is 19.7. The standard InChI is InChI=1S/C18H24ClN3O2/c1-2-24-12-15(23)11-22-9-3-4-17(22)18-20-10-16(21-18)13-5-7-14(19)8-6-13/h5-8,10,15,17,23H,2-4,9,11-12H2,1H3,(H,20,21)/t15-,17+/m0/s1. The highest BCUT2D eigenvalue weighted by molar-refractivity contribution is 6.30. The smallest absolute Gasteiger partial charge is 0.123 e. The summed E-state index contributed by atoms with van der Waals surface area (Å²) in [6.45, 7) is 4.54. The molecule has 0 saturated carbocycles. The molecule has 2 N–H and O–H groups in total. The van der Waals surface area contributed by atoms with Gasteiger partial charge in [0.05, 0.1) is 30.6 Å². The van der Waals surface area contributed by atoms with Gasteiger partial charge in [0.1, 0.15) is 5.82 Å². The summed E-state index contributed by atoms with van der Waals surface area (Å²) in [6, 6.07) is 7.95. The number of ether oxygens (including phenoxy) is 1. The van der Waals surface area contributed by atoms with Crippen LogP contribution in [0.4, 0.5) is 0 Å². The van der Waals surface area contributed by atoms with E-state index in [1.165, 1.54) is 0 Å². The SMILES string of the molecule is CCOC[C@@H](O)CN1CCC[C@@H]1c1ncc(-c2ccc(Cl)cc2)[nH]1. The van der Waals surface area contributed by atoms with Gasteiger partial charge in [0.2, 0.25) is 0 Å². The monoisotopic (exact) mass is 349 g/mol. The number of benzene rings is 1. The van der Waals surface area contributed by atoms with Gasteiger partial charge in [-0.3, -0.25) is 4.90 Å². The molecule has 3 rings (SSSR count). The minimum atomic E-state index is -0.462. The van der Waals surface area contributed by atoms with Crippen LogP contribution in [0.25, 0.3) is 11.3 Å². The highest BCUT2D eigenvalue weighted by Crippen LogP contribution is 2.31. The van der Waals surface area contributed by atoms with E-state index in [-0.39, 0.29) is 6.04 Å². The van der Waals surface area contributed by atoms with Crippen LogP contribution in [-0.4, -0.2) is 52.4 Å². The third kappa shape index (κ3) is 4.16. The van der Waals surface area contributed by atoms with Crippen LogP contribution in [0.5, 0.6) is 0 Å². The second-order valence-electron chi connectivity index (χ2n) is 6.16. The molecule has 0 spiro atoms. The Kier molecular flexibility index (Phi) is 5.89. The van der Waals surface area contributed by atoms with Crippen LogP contribution in [0.2, 0.25) is 5.02 Å². The molecule has 1 aliphatic heterocycles. The van der Waals surface area contributed by atoms with E-state index in [0.29, 0.717) is 19.8 Å². The maximum absolute atomic E-state index is 10.1. The number of hydrogen-bond donors (Lipinski definition) is 2. The summed E-state index contributed by atoms with van der Waals surface area (Å²) in [5, 5.41) is 10.8. The van der Waals surface area contributed by atoms with Gasteiger partial charge in [-0.1, -0.05) is 23.7 Å². The third-order valence-electron chi connectivity index (χ3n) is 4.39.